The molecule has 2 atom stereocenters. The van der Waals surface area contributed by atoms with Crippen LogP contribution in [0.25, 0.3) is 0 Å². The molecule has 0 radical (unpaired) electrons. The van der Waals surface area contributed by atoms with Crippen molar-refractivity contribution >= 4 is 21.4 Å². The normalized spacial score (nSPS) is 21.3. The molecule has 204 valence electrons. The minimum atomic E-state index is -4.16. The van der Waals surface area contributed by atoms with Crippen molar-refractivity contribution in [3.63, 3.8) is 0 Å². The van der Waals surface area contributed by atoms with Crippen molar-refractivity contribution in [2.24, 2.45) is 0 Å². The lowest BCUT2D eigenvalue weighted by Crippen LogP contribution is -2.59. The molecule has 2 heterocycles. The van der Waals surface area contributed by atoms with Crippen LogP contribution in [0.2, 0.25) is 0 Å². The van der Waals surface area contributed by atoms with Gasteiger partial charge in [0.15, 0.2) is 0 Å². The fourth-order valence-corrected chi connectivity index (χ4v) is 6.36. The smallest absolute Gasteiger partial charge is 0.241 e. The number of rotatable bonds is 7. The lowest BCUT2D eigenvalue weighted by Gasteiger charge is -2.39. The maximum Gasteiger partial charge on any atom is 0.241 e. The number of methoxy groups -OCH3 is 2. The van der Waals surface area contributed by atoms with Crippen molar-refractivity contribution in [1.82, 2.24) is 10.2 Å². The Bertz CT molecular complexity index is 1230. The molecule has 2 aromatic carbocycles. The molecule has 1 saturated heterocycles. The van der Waals surface area contributed by atoms with Gasteiger partial charge in [-0.3, -0.25) is 9.69 Å². The minimum absolute atomic E-state index is 0. The van der Waals surface area contributed by atoms with Crippen molar-refractivity contribution in [1.29, 1.82) is 0 Å². The molecule has 2 aliphatic heterocycles. The fraction of sp³-hybridized carbons (Fsp3) is 0.519. The van der Waals surface area contributed by atoms with E-state index in [-0.39, 0.29) is 36.9 Å². The summed E-state index contributed by atoms with van der Waals surface area (Å²) in [5.41, 5.74) is 0.519. The highest BCUT2D eigenvalue weighted by molar-refractivity contribution is 7.91. The maximum absolute atomic E-state index is 15.3. The first-order chi connectivity index (χ1) is 17.0. The predicted octanol–water partition coefficient (Wildman–Crippen LogP) is 3.24. The molecule has 10 heteroatoms. The van der Waals surface area contributed by atoms with Crippen molar-refractivity contribution in [2.45, 2.75) is 55.5 Å². The third-order valence-corrected chi connectivity index (χ3v) is 8.79. The van der Waals surface area contributed by atoms with Crippen LogP contribution in [-0.4, -0.2) is 78.3 Å². The van der Waals surface area contributed by atoms with Crippen LogP contribution in [0.4, 0.5) is 10.1 Å². The summed E-state index contributed by atoms with van der Waals surface area (Å²) in [4.78, 5) is 16.8. The van der Waals surface area contributed by atoms with Gasteiger partial charge in [-0.05, 0) is 48.9 Å². The van der Waals surface area contributed by atoms with Gasteiger partial charge in [0.05, 0.1) is 25.2 Å². The zero-order valence-corrected chi connectivity index (χ0v) is 22.2. The number of halogens is 1. The number of ether oxygens (including phenoxy) is 2. The number of hydrogen-bond donors (Lipinski definition) is 1. The molecule has 2 aromatic rings. The number of carbonyl (C=O) groups is 1. The quantitative estimate of drug-likeness (QED) is 0.582. The summed E-state index contributed by atoms with van der Waals surface area (Å²) < 4.78 is 52.4. The number of nitrogens with one attached hydrogen (secondary N) is 1. The number of sulfone groups is 1. The third-order valence-electron chi connectivity index (χ3n) is 7.01. The van der Waals surface area contributed by atoms with Gasteiger partial charge in [-0.1, -0.05) is 21.3 Å². The summed E-state index contributed by atoms with van der Waals surface area (Å²) in [5, 5.41) is 3.41. The van der Waals surface area contributed by atoms with Gasteiger partial charge in [-0.25, -0.2) is 12.8 Å². The number of nitrogens with zero attached hydrogens (tertiary/aromatic N) is 2. The molecule has 2 aliphatic rings. The van der Waals surface area contributed by atoms with Crippen molar-refractivity contribution in [2.75, 3.05) is 51.9 Å². The van der Waals surface area contributed by atoms with Crippen LogP contribution in [0.3, 0.4) is 0 Å². The van der Waals surface area contributed by atoms with Gasteiger partial charge in [-0.2, -0.15) is 0 Å². The molecule has 0 aromatic heterocycles. The largest absolute Gasteiger partial charge is 0.497 e. The first kappa shape index (κ1) is 29.0. The lowest BCUT2D eigenvalue weighted by molar-refractivity contribution is -0.121. The standard InChI is InChI=1S/C26H34FN3O5S.CH4/c1-17-13-29(18(12-28-17)15-34-4)14-25(31)30-16-26(2,3)21-10-22(27)24(11-23(21)30)36(32,33)20-8-6-19(35-5)7-9-20;/h6-11,17-18,28H,12-16H2,1-5H3;1H4/t17-,18-;/m1./s1. The first-order valence-electron chi connectivity index (χ1n) is 12.0. The topological polar surface area (TPSA) is 88.2 Å². The number of hydrogen-bond acceptors (Lipinski definition) is 7. The second-order valence-corrected chi connectivity index (χ2v) is 12.1. The Hall–Kier alpha value is -2.53. The van der Waals surface area contributed by atoms with Crippen LogP contribution in [0, 0.1) is 5.82 Å². The monoisotopic (exact) mass is 535 g/mol. The predicted molar refractivity (Wildman–Crippen MR) is 142 cm³/mol. The van der Waals surface area contributed by atoms with E-state index in [1.54, 1.807) is 12.0 Å². The van der Waals surface area contributed by atoms with Crippen molar-refractivity contribution < 1.29 is 27.1 Å². The van der Waals surface area contributed by atoms with E-state index in [1.165, 1.54) is 43.5 Å². The summed E-state index contributed by atoms with van der Waals surface area (Å²) in [6, 6.07) is 8.64. The third kappa shape index (κ3) is 5.67. The molecular formula is C27H38FN3O5S. The van der Waals surface area contributed by atoms with Gasteiger partial charge in [0, 0.05) is 49.9 Å². The molecule has 1 N–H and O–H groups in total. The van der Waals surface area contributed by atoms with Crippen LogP contribution < -0.4 is 15.0 Å². The Morgan fingerprint density at radius 1 is 1.19 bits per heavy atom. The van der Waals surface area contributed by atoms with E-state index in [0.29, 0.717) is 43.2 Å². The van der Waals surface area contributed by atoms with Gasteiger partial charge >= 0.3 is 0 Å². The second-order valence-electron chi connectivity index (χ2n) is 10.2. The Kier molecular flexibility index (Phi) is 8.68. The van der Waals surface area contributed by atoms with Gasteiger partial charge in [-0.15, -0.1) is 0 Å². The average molecular weight is 536 g/mol. The Morgan fingerprint density at radius 3 is 2.49 bits per heavy atom. The molecule has 0 aliphatic carbocycles. The van der Waals surface area contributed by atoms with Gasteiger partial charge < -0.3 is 19.7 Å². The first-order valence-corrected chi connectivity index (χ1v) is 13.5. The van der Waals surface area contributed by atoms with E-state index < -0.39 is 26.0 Å². The number of amides is 1. The summed E-state index contributed by atoms with van der Waals surface area (Å²) in [6.07, 6.45) is 0. The highest BCUT2D eigenvalue weighted by Crippen LogP contribution is 2.43. The van der Waals surface area contributed by atoms with Crippen molar-refractivity contribution in [3.05, 3.63) is 47.8 Å². The molecule has 4 rings (SSSR count). The zero-order valence-electron chi connectivity index (χ0n) is 21.4. The van der Waals surface area contributed by atoms with E-state index in [1.807, 2.05) is 13.8 Å². The number of piperazine rings is 1. The van der Waals surface area contributed by atoms with E-state index in [2.05, 4.69) is 17.1 Å². The highest BCUT2D eigenvalue weighted by atomic mass is 32.2. The van der Waals surface area contributed by atoms with Crippen LogP contribution in [0.15, 0.2) is 46.2 Å². The van der Waals surface area contributed by atoms with E-state index in [0.717, 1.165) is 0 Å². The molecule has 8 nitrogen and oxygen atoms in total. The van der Waals surface area contributed by atoms with E-state index in [4.69, 9.17) is 9.47 Å². The second kappa shape index (κ2) is 11.1. The van der Waals surface area contributed by atoms with Crippen LogP contribution in [-0.2, 0) is 24.8 Å². The van der Waals surface area contributed by atoms with Crippen LogP contribution in [0.5, 0.6) is 5.75 Å². The lowest BCUT2D eigenvalue weighted by atomic mass is 9.87. The van der Waals surface area contributed by atoms with Gasteiger partial charge in [0.1, 0.15) is 16.5 Å². The molecule has 0 saturated carbocycles. The van der Waals surface area contributed by atoms with Gasteiger partial charge in [0.2, 0.25) is 15.7 Å². The molecule has 0 spiro atoms. The average Bonchev–Trinajstić information content (AvgIpc) is 3.10. The van der Waals surface area contributed by atoms with Crippen molar-refractivity contribution in [3.8, 4) is 5.75 Å². The molecule has 1 amide bonds. The molecular weight excluding hydrogens is 497 g/mol. The Balaban J connectivity index is 0.00000380. The Labute approximate surface area is 219 Å². The maximum atomic E-state index is 15.3. The van der Waals surface area contributed by atoms with Crippen LogP contribution >= 0.6 is 0 Å². The molecule has 37 heavy (non-hydrogen) atoms. The fourth-order valence-electron chi connectivity index (χ4n) is 5.03. The van der Waals surface area contributed by atoms with E-state index in [9.17, 15) is 13.2 Å². The minimum Gasteiger partial charge on any atom is -0.497 e. The molecule has 0 bridgehead atoms. The number of carbonyl (C=O) groups excluding carboxylic acids is 1. The number of benzene rings is 2. The molecule has 0 unspecified atom stereocenters. The van der Waals surface area contributed by atoms with Gasteiger partial charge in [0.25, 0.3) is 0 Å². The highest BCUT2D eigenvalue weighted by Gasteiger charge is 2.41. The van der Waals surface area contributed by atoms with Crippen LogP contribution in [0.1, 0.15) is 33.8 Å². The number of anilines is 1. The SMILES string of the molecule is C.COC[C@H]1CN[C@H](C)CN1CC(=O)N1CC(C)(C)c2cc(F)c(S(=O)(=O)c3ccc(OC)cc3)cc21. The summed E-state index contributed by atoms with van der Waals surface area (Å²) in [5.74, 6) is -0.490. The zero-order chi connectivity index (χ0) is 26.3. The summed E-state index contributed by atoms with van der Waals surface area (Å²) >= 11 is 0. The molecule has 1 fully saturated rings. The Morgan fingerprint density at radius 2 is 1.86 bits per heavy atom. The summed E-state index contributed by atoms with van der Waals surface area (Å²) in [6.45, 7) is 8.30. The number of fused-ring (bicyclic) bond motifs is 1. The summed E-state index contributed by atoms with van der Waals surface area (Å²) in [7, 11) is -1.04. The van der Waals surface area contributed by atoms with E-state index >= 15 is 4.39 Å².